The van der Waals surface area contributed by atoms with Crippen molar-refractivity contribution < 1.29 is 0 Å². The predicted octanol–water partition coefficient (Wildman–Crippen LogP) is 6.87. The Morgan fingerprint density at radius 2 is 1.27 bits per heavy atom. The molecule has 0 spiro atoms. The summed E-state index contributed by atoms with van der Waals surface area (Å²) in [5.41, 5.74) is 0.0451. The van der Waals surface area contributed by atoms with Crippen LogP contribution in [-0.2, 0) is 0 Å². The summed E-state index contributed by atoms with van der Waals surface area (Å²) >= 11 is 0. The fourth-order valence-electron chi connectivity index (χ4n) is 5.10. The van der Waals surface area contributed by atoms with E-state index in [2.05, 4.69) is 19.9 Å². The summed E-state index contributed by atoms with van der Waals surface area (Å²) in [5, 5.41) is 9.51. The normalized spacial score (nSPS) is 36.0. The third kappa shape index (κ3) is 5.00. The molecular weight excluding hydrogens is 266 g/mol. The Hall–Kier alpha value is -0.510. The molecule has 0 saturated heterocycles. The van der Waals surface area contributed by atoms with Crippen molar-refractivity contribution in [2.45, 2.75) is 104 Å². The van der Waals surface area contributed by atoms with Crippen LogP contribution in [0.3, 0.4) is 0 Å². The molecule has 2 rings (SSSR count). The Bertz CT molecular complexity index is 337. The van der Waals surface area contributed by atoms with E-state index >= 15 is 0 Å². The predicted molar refractivity (Wildman–Crippen MR) is 94.5 cm³/mol. The van der Waals surface area contributed by atoms with Gasteiger partial charge in [-0.05, 0) is 49.9 Å². The van der Waals surface area contributed by atoms with Gasteiger partial charge in [0.1, 0.15) is 0 Å². The van der Waals surface area contributed by atoms with Crippen molar-refractivity contribution in [3.63, 3.8) is 0 Å². The van der Waals surface area contributed by atoms with Crippen molar-refractivity contribution >= 4 is 0 Å². The molecule has 2 aliphatic carbocycles. The van der Waals surface area contributed by atoms with Gasteiger partial charge in [-0.25, -0.2) is 0 Å². The van der Waals surface area contributed by atoms with Crippen molar-refractivity contribution in [1.29, 1.82) is 5.26 Å². The van der Waals surface area contributed by atoms with Crippen LogP contribution >= 0.6 is 0 Å². The van der Waals surface area contributed by atoms with Gasteiger partial charge in [0.05, 0.1) is 11.5 Å². The van der Waals surface area contributed by atoms with Crippen LogP contribution in [0.4, 0.5) is 0 Å². The summed E-state index contributed by atoms with van der Waals surface area (Å²) in [6.45, 7) is 4.55. The molecule has 0 radical (unpaired) electrons. The SMILES string of the molecule is CCC[C@H]1CC[C@H](CC[C@H]2CC[C@@](C#N)(CCC)CC2)CC1. The van der Waals surface area contributed by atoms with Crippen molar-refractivity contribution in [1.82, 2.24) is 0 Å². The first kappa shape index (κ1) is 17.8. The lowest BCUT2D eigenvalue weighted by atomic mass is 9.67. The van der Waals surface area contributed by atoms with Crippen molar-refractivity contribution in [3.8, 4) is 6.07 Å². The summed E-state index contributed by atoms with van der Waals surface area (Å²) in [6, 6.07) is 2.66. The lowest BCUT2D eigenvalue weighted by Crippen LogP contribution is -2.26. The molecule has 0 bridgehead atoms. The molecule has 0 aromatic heterocycles. The smallest absolute Gasteiger partial charge is 0.0689 e. The molecule has 0 unspecified atom stereocenters. The zero-order valence-corrected chi connectivity index (χ0v) is 15.1. The first-order valence-corrected chi connectivity index (χ1v) is 10.1. The van der Waals surface area contributed by atoms with E-state index in [4.69, 9.17) is 0 Å². The van der Waals surface area contributed by atoms with Gasteiger partial charge < -0.3 is 0 Å². The van der Waals surface area contributed by atoms with Gasteiger partial charge in [-0.15, -0.1) is 0 Å². The number of hydrogen-bond acceptors (Lipinski definition) is 1. The highest BCUT2D eigenvalue weighted by atomic mass is 14.4. The molecule has 0 aromatic rings. The lowest BCUT2D eigenvalue weighted by Gasteiger charge is -2.36. The molecule has 126 valence electrons. The van der Waals surface area contributed by atoms with Crippen LogP contribution < -0.4 is 0 Å². The Balaban J connectivity index is 1.64. The van der Waals surface area contributed by atoms with E-state index in [1.165, 1.54) is 83.5 Å². The van der Waals surface area contributed by atoms with Crippen LogP contribution in [0.2, 0.25) is 0 Å². The molecule has 0 N–H and O–H groups in total. The minimum atomic E-state index is 0.0451. The Kier molecular flexibility index (Phi) is 7.26. The van der Waals surface area contributed by atoms with Gasteiger partial charge in [0.2, 0.25) is 0 Å². The maximum Gasteiger partial charge on any atom is 0.0689 e. The van der Waals surface area contributed by atoms with E-state index < -0.39 is 0 Å². The zero-order chi connectivity index (χ0) is 15.8. The van der Waals surface area contributed by atoms with Gasteiger partial charge in [0.15, 0.2) is 0 Å². The van der Waals surface area contributed by atoms with E-state index in [0.717, 1.165) is 24.2 Å². The van der Waals surface area contributed by atoms with E-state index in [-0.39, 0.29) is 5.41 Å². The Morgan fingerprint density at radius 1 is 0.773 bits per heavy atom. The highest BCUT2D eigenvalue weighted by Gasteiger charge is 2.34. The summed E-state index contributed by atoms with van der Waals surface area (Å²) in [6.07, 6.45) is 19.0. The Labute approximate surface area is 138 Å². The lowest BCUT2D eigenvalue weighted by molar-refractivity contribution is 0.173. The second-order valence-electron chi connectivity index (χ2n) is 8.34. The summed E-state index contributed by atoms with van der Waals surface area (Å²) < 4.78 is 0. The second-order valence-corrected chi connectivity index (χ2v) is 8.34. The van der Waals surface area contributed by atoms with Crippen LogP contribution in [0, 0.1) is 34.5 Å². The maximum absolute atomic E-state index is 9.51. The first-order valence-electron chi connectivity index (χ1n) is 10.1. The molecule has 2 saturated carbocycles. The number of nitrogens with zero attached hydrogens (tertiary/aromatic N) is 1. The number of rotatable bonds is 7. The van der Waals surface area contributed by atoms with Gasteiger partial charge in [0, 0.05) is 0 Å². The van der Waals surface area contributed by atoms with Crippen LogP contribution in [0.25, 0.3) is 0 Å². The van der Waals surface area contributed by atoms with Crippen LogP contribution in [0.1, 0.15) is 104 Å². The molecule has 1 nitrogen and oxygen atoms in total. The summed E-state index contributed by atoms with van der Waals surface area (Å²) in [4.78, 5) is 0. The summed E-state index contributed by atoms with van der Waals surface area (Å²) in [5.74, 6) is 2.99. The monoisotopic (exact) mass is 303 g/mol. The van der Waals surface area contributed by atoms with Crippen molar-refractivity contribution in [3.05, 3.63) is 0 Å². The molecule has 2 aliphatic rings. The van der Waals surface area contributed by atoms with Crippen molar-refractivity contribution in [2.24, 2.45) is 23.2 Å². The minimum absolute atomic E-state index is 0.0451. The van der Waals surface area contributed by atoms with E-state index in [9.17, 15) is 5.26 Å². The average molecular weight is 304 g/mol. The molecule has 1 heteroatoms. The molecule has 0 atom stereocenters. The minimum Gasteiger partial charge on any atom is -0.198 e. The average Bonchev–Trinajstić information content (AvgIpc) is 2.56. The fourth-order valence-corrected chi connectivity index (χ4v) is 5.10. The molecule has 0 aromatic carbocycles. The standard InChI is InChI=1S/C21H37N/c1-3-5-18-6-8-19(9-7-18)10-11-20-12-15-21(17-22,14-4-2)16-13-20/h18-20H,3-16H2,1-2H3/t18-,19-,20-,21-. The Morgan fingerprint density at radius 3 is 1.73 bits per heavy atom. The van der Waals surface area contributed by atoms with Gasteiger partial charge in [0.25, 0.3) is 0 Å². The van der Waals surface area contributed by atoms with E-state index in [1.54, 1.807) is 0 Å². The molecular formula is C21H37N. The zero-order valence-electron chi connectivity index (χ0n) is 15.1. The van der Waals surface area contributed by atoms with Crippen LogP contribution in [0.5, 0.6) is 0 Å². The summed E-state index contributed by atoms with van der Waals surface area (Å²) in [7, 11) is 0. The van der Waals surface area contributed by atoms with Gasteiger partial charge in [-0.3, -0.25) is 0 Å². The number of nitriles is 1. The second kappa shape index (κ2) is 8.95. The highest BCUT2D eigenvalue weighted by Crippen LogP contribution is 2.44. The van der Waals surface area contributed by atoms with Gasteiger partial charge in [-0.1, -0.05) is 71.6 Å². The fraction of sp³-hybridized carbons (Fsp3) is 0.952. The van der Waals surface area contributed by atoms with Crippen molar-refractivity contribution in [2.75, 3.05) is 0 Å². The molecule has 0 aliphatic heterocycles. The van der Waals surface area contributed by atoms with Gasteiger partial charge >= 0.3 is 0 Å². The van der Waals surface area contributed by atoms with Crippen LogP contribution in [0.15, 0.2) is 0 Å². The third-order valence-electron chi connectivity index (χ3n) is 6.67. The van der Waals surface area contributed by atoms with E-state index in [0.29, 0.717) is 0 Å². The van der Waals surface area contributed by atoms with Gasteiger partial charge in [-0.2, -0.15) is 5.26 Å². The largest absolute Gasteiger partial charge is 0.198 e. The number of hydrogen-bond donors (Lipinski definition) is 0. The highest BCUT2D eigenvalue weighted by molar-refractivity contribution is 5.01. The third-order valence-corrected chi connectivity index (χ3v) is 6.67. The molecule has 0 amide bonds. The molecule has 22 heavy (non-hydrogen) atoms. The first-order chi connectivity index (χ1) is 10.7. The topological polar surface area (TPSA) is 23.8 Å². The molecule has 0 heterocycles. The van der Waals surface area contributed by atoms with Crippen LogP contribution in [-0.4, -0.2) is 0 Å². The molecule has 2 fully saturated rings. The maximum atomic E-state index is 9.51. The quantitative estimate of drug-likeness (QED) is 0.503. The van der Waals surface area contributed by atoms with E-state index in [1.807, 2.05) is 0 Å².